The maximum Gasteiger partial charge on any atom is 0.136 e. The van der Waals surface area contributed by atoms with Crippen molar-refractivity contribution in [2.45, 2.75) is 13.0 Å². The predicted octanol–water partition coefficient (Wildman–Crippen LogP) is 2.67. The van der Waals surface area contributed by atoms with Crippen LogP contribution in [0.5, 0.6) is 0 Å². The van der Waals surface area contributed by atoms with E-state index in [1.807, 2.05) is 23.9 Å². The quantitative estimate of drug-likeness (QED) is 0.913. The molecule has 2 aromatic rings. The Morgan fingerprint density at radius 2 is 2.11 bits per heavy atom. The van der Waals surface area contributed by atoms with E-state index in [1.165, 1.54) is 17.6 Å². The molecule has 0 bridgehead atoms. The third kappa shape index (κ3) is 2.69. The van der Waals surface area contributed by atoms with Crippen LogP contribution in [0.1, 0.15) is 12.1 Å². The Hall–Kier alpha value is -1.26. The molecule has 1 aliphatic heterocycles. The number of pyridine rings is 1. The summed E-state index contributed by atoms with van der Waals surface area (Å²) in [5.41, 5.74) is 0.755. The van der Waals surface area contributed by atoms with Gasteiger partial charge >= 0.3 is 0 Å². The number of fused-ring (bicyclic) bond motifs is 1. The van der Waals surface area contributed by atoms with E-state index in [-0.39, 0.29) is 6.61 Å². The molecule has 0 aliphatic carbocycles. The number of aliphatic hydroxyl groups is 1. The lowest BCUT2D eigenvalue weighted by atomic mass is 10.1. The van der Waals surface area contributed by atoms with Gasteiger partial charge in [0.05, 0.1) is 12.3 Å². The fraction of sp³-hybridized carbons (Fsp3) is 0.400. The fourth-order valence-corrected chi connectivity index (χ4v) is 3.40. The van der Waals surface area contributed by atoms with E-state index >= 15 is 0 Å². The van der Waals surface area contributed by atoms with Gasteiger partial charge in [0.1, 0.15) is 5.82 Å². The largest absolute Gasteiger partial charge is 0.390 e. The fourth-order valence-electron chi connectivity index (χ4n) is 2.51. The summed E-state index contributed by atoms with van der Waals surface area (Å²) in [5, 5.41) is 11.7. The Labute approximate surface area is 117 Å². The molecule has 1 saturated heterocycles. The highest BCUT2D eigenvalue weighted by Gasteiger charge is 2.15. The second-order valence-electron chi connectivity index (χ2n) is 4.77. The first-order valence-electron chi connectivity index (χ1n) is 6.71. The van der Waals surface area contributed by atoms with Crippen LogP contribution in [-0.2, 0) is 6.61 Å². The molecule has 4 heteroatoms. The van der Waals surface area contributed by atoms with Crippen LogP contribution in [0.15, 0.2) is 30.3 Å². The average molecular weight is 274 g/mol. The molecule has 100 valence electrons. The zero-order chi connectivity index (χ0) is 13.1. The van der Waals surface area contributed by atoms with Gasteiger partial charge in [-0.15, -0.1) is 0 Å². The van der Waals surface area contributed by atoms with Crippen LogP contribution in [-0.4, -0.2) is 34.7 Å². The minimum absolute atomic E-state index is 0.000421. The van der Waals surface area contributed by atoms with Gasteiger partial charge in [0.15, 0.2) is 0 Å². The van der Waals surface area contributed by atoms with Crippen molar-refractivity contribution in [2.24, 2.45) is 0 Å². The van der Waals surface area contributed by atoms with Crippen molar-refractivity contribution in [3.05, 3.63) is 36.0 Å². The zero-order valence-corrected chi connectivity index (χ0v) is 11.7. The van der Waals surface area contributed by atoms with Crippen LogP contribution in [0, 0.1) is 0 Å². The molecule has 0 atom stereocenters. The average Bonchev–Trinajstić information content (AvgIpc) is 2.75. The van der Waals surface area contributed by atoms with E-state index in [4.69, 9.17) is 0 Å². The number of hydrogen-bond donors (Lipinski definition) is 1. The van der Waals surface area contributed by atoms with Crippen molar-refractivity contribution in [1.29, 1.82) is 0 Å². The number of aliphatic hydroxyl groups excluding tert-OH is 1. The zero-order valence-electron chi connectivity index (χ0n) is 10.9. The lowest BCUT2D eigenvalue weighted by Gasteiger charge is -2.23. The van der Waals surface area contributed by atoms with E-state index in [9.17, 15) is 5.11 Å². The summed E-state index contributed by atoms with van der Waals surface area (Å²) in [5.74, 6) is 3.41. The van der Waals surface area contributed by atoms with Crippen molar-refractivity contribution in [3.8, 4) is 0 Å². The first-order chi connectivity index (χ1) is 9.38. The predicted molar refractivity (Wildman–Crippen MR) is 81.8 cm³/mol. The molecule has 0 saturated carbocycles. The summed E-state index contributed by atoms with van der Waals surface area (Å²) < 4.78 is 0. The minimum atomic E-state index is 0.000421. The van der Waals surface area contributed by atoms with E-state index in [0.29, 0.717) is 0 Å². The van der Waals surface area contributed by atoms with Gasteiger partial charge in [0.25, 0.3) is 0 Å². The first-order valence-corrected chi connectivity index (χ1v) is 7.86. The molecular formula is C15H18N2OS. The van der Waals surface area contributed by atoms with Crippen LogP contribution in [0.2, 0.25) is 0 Å². The summed E-state index contributed by atoms with van der Waals surface area (Å²) in [4.78, 5) is 7.01. The number of thioether (sulfide) groups is 1. The van der Waals surface area contributed by atoms with E-state index in [2.05, 4.69) is 28.1 Å². The Bertz CT molecular complexity index is 565. The highest BCUT2D eigenvalue weighted by molar-refractivity contribution is 7.99. The van der Waals surface area contributed by atoms with Gasteiger partial charge in [-0.2, -0.15) is 11.8 Å². The number of anilines is 1. The molecule has 3 rings (SSSR count). The molecule has 0 unspecified atom stereocenters. The monoisotopic (exact) mass is 274 g/mol. The maximum absolute atomic E-state index is 9.39. The summed E-state index contributed by atoms with van der Waals surface area (Å²) in [6, 6.07) is 10.3. The second-order valence-corrected chi connectivity index (χ2v) is 5.99. The Balaban J connectivity index is 2.09. The van der Waals surface area contributed by atoms with Crippen LogP contribution < -0.4 is 4.90 Å². The Morgan fingerprint density at radius 1 is 1.21 bits per heavy atom. The molecule has 1 N–H and O–H groups in total. The highest BCUT2D eigenvalue weighted by Crippen LogP contribution is 2.27. The standard InChI is InChI=1S/C15H18N2OS/c18-11-13-10-12-4-1-2-5-14(12)15(16-13)17-6-3-8-19-9-7-17/h1-2,4-5,10,18H,3,6-9,11H2. The van der Waals surface area contributed by atoms with E-state index in [0.717, 1.165) is 35.7 Å². The lowest BCUT2D eigenvalue weighted by Crippen LogP contribution is -2.27. The van der Waals surface area contributed by atoms with Gasteiger partial charge in [0, 0.05) is 24.2 Å². The van der Waals surface area contributed by atoms with Crippen molar-refractivity contribution < 1.29 is 5.11 Å². The molecule has 2 heterocycles. The van der Waals surface area contributed by atoms with Gasteiger partial charge in [0.2, 0.25) is 0 Å². The molecule has 0 spiro atoms. The van der Waals surface area contributed by atoms with E-state index < -0.39 is 0 Å². The van der Waals surface area contributed by atoms with Gasteiger partial charge < -0.3 is 10.0 Å². The van der Waals surface area contributed by atoms with Gasteiger partial charge in [-0.05, 0) is 23.6 Å². The first kappa shape index (κ1) is 12.8. The number of benzene rings is 1. The molecule has 19 heavy (non-hydrogen) atoms. The Morgan fingerprint density at radius 3 is 3.00 bits per heavy atom. The number of rotatable bonds is 2. The maximum atomic E-state index is 9.39. The van der Waals surface area contributed by atoms with Crippen LogP contribution in [0.25, 0.3) is 10.8 Å². The highest BCUT2D eigenvalue weighted by atomic mass is 32.2. The van der Waals surface area contributed by atoms with Crippen molar-refractivity contribution >= 4 is 28.4 Å². The summed E-state index contributed by atoms with van der Waals surface area (Å²) in [7, 11) is 0. The minimum Gasteiger partial charge on any atom is -0.390 e. The molecule has 1 aromatic carbocycles. The topological polar surface area (TPSA) is 36.4 Å². The Kier molecular flexibility index (Phi) is 3.89. The van der Waals surface area contributed by atoms with Gasteiger partial charge in [-0.25, -0.2) is 4.98 Å². The molecule has 0 radical (unpaired) electrons. The summed E-state index contributed by atoms with van der Waals surface area (Å²) in [6.45, 7) is 2.09. The van der Waals surface area contributed by atoms with Crippen LogP contribution in [0.4, 0.5) is 5.82 Å². The number of nitrogens with zero attached hydrogens (tertiary/aromatic N) is 2. The molecule has 3 nitrogen and oxygen atoms in total. The summed E-state index contributed by atoms with van der Waals surface area (Å²) >= 11 is 2.01. The van der Waals surface area contributed by atoms with Gasteiger partial charge in [-0.3, -0.25) is 0 Å². The molecular weight excluding hydrogens is 256 g/mol. The number of hydrogen-bond acceptors (Lipinski definition) is 4. The molecule has 0 amide bonds. The normalized spacial score (nSPS) is 16.6. The summed E-state index contributed by atoms with van der Waals surface area (Å²) in [6.07, 6.45) is 1.20. The number of aromatic nitrogens is 1. The molecule has 1 fully saturated rings. The third-order valence-electron chi connectivity index (χ3n) is 3.46. The van der Waals surface area contributed by atoms with Crippen LogP contribution in [0.3, 0.4) is 0 Å². The van der Waals surface area contributed by atoms with Gasteiger partial charge in [-0.1, -0.05) is 24.3 Å². The second kappa shape index (κ2) is 5.80. The lowest BCUT2D eigenvalue weighted by molar-refractivity contribution is 0.277. The van der Waals surface area contributed by atoms with Crippen LogP contribution >= 0.6 is 11.8 Å². The van der Waals surface area contributed by atoms with Crippen molar-refractivity contribution in [1.82, 2.24) is 4.98 Å². The van der Waals surface area contributed by atoms with E-state index in [1.54, 1.807) is 0 Å². The SMILES string of the molecule is OCc1cc2ccccc2c(N2CCCSCC2)n1. The van der Waals surface area contributed by atoms with Crippen molar-refractivity contribution in [3.63, 3.8) is 0 Å². The smallest absolute Gasteiger partial charge is 0.136 e. The third-order valence-corrected chi connectivity index (χ3v) is 4.51. The molecule has 1 aliphatic rings. The molecule has 1 aromatic heterocycles. The van der Waals surface area contributed by atoms with Crippen molar-refractivity contribution in [2.75, 3.05) is 29.5 Å².